The fourth-order valence-electron chi connectivity index (χ4n) is 2.10. The number of hydrogen-bond acceptors (Lipinski definition) is 3. The number of hydrogen-bond donors (Lipinski definition) is 1. The van der Waals surface area contributed by atoms with Crippen LogP contribution >= 0.6 is 0 Å². The maximum absolute atomic E-state index is 5.87. The summed E-state index contributed by atoms with van der Waals surface area (Å²) >= 11 is 0. The van der Waals surface area contributed by atoms with E-state index in [1.165, 1.54) is 38.8 Å². The summed E-state index contributed by atoms with van der Waals surface area (Å²) in [4.78, 5) is 2.52. The molecule has 1 heterocycles. The van der Waals surface area contributed by atoms with E-state index in [1.807, 2.05) is 0 Å². The van der Waals surface area contributed by atoms with Gasteiger partial charge in [-0.2, -0.15) is 0 Å². The second kappa shape index (κ2) is 10.0. The van der Waals surface area contributed by atoms with Gasteiger partial charge in [0.25, 0.3) is 0 Å². The summed E-state index contributed by atoms with van der Waals surface area (Å²) in [5.41, 5.74) is 0. The third-order valence-corrected chi connectivity index (χ3v) is 3.30. The summed E-state index contributed by atoms with van der Waals surface area (Å²) in [6.45, 7) is 11.7. The van der Waals surface area contributed by atoms with Crippen molar-refractivity contribution in [2.45, 2.75) is 59.5 Å². The maximum Gasteiger partial charge on any atom is 0.118 e. The van der Waals surface area contributed by atoms with E-state index in [-0.39, 0.29) is 0 Å². The minimum absolute atomic E-state index is 0.834. The van der Waals surface area contributed by atoms with E-state index < -0.39 is 0 Å². The number of nitrogens with one attached hydrogen (secondary N) is 1. The molecule has 110 valence electrons. The predicted octanol–water partition coefficient (Wildman–Crippen LogP) is 3.79. The van der Waals surface area contributed by atoms with Gasteiger partial charge in [-0.15, -0.1) is 0 Å². The molecule has 0 saturated heterocycles. The minimum Gasteiger partial charge on any atom is -0.463 e. The molecule has 0 aliphatic heterocycles. The average Bonchev–Trinajstić information content (AvgIpc) is 2.87. The molecule has 0 atom stereocenters. The maximum atomic E-state index is 5.87. The van der Waals surface area contributed by atoms with Crippen molar-refractivity contribution in [1.29, 1.82) is 0 Å². The van der Waals surface area contributed by atoms with Gasteiger partial charge in [0.05, 0.1) is 13.1 Å². The van der Waals surface area contributed by atoms with Gasteiger partial charge in [-0.1, -0.05) is 33.6 Å². The van der Waals surface area contributed by atoms with Crippen LogP contribution in [-0.4, -0.2) is 24.5 Å². The first-order chi connectivity index (χ1) is 9.30. The lowest BCUT2D eigenvalue weighted by molar-refractivity contribution is 0.234. The molecule has 1 rings (SSSR count). The SMILES string of the molecule is CCCCN(CCCC)Cc1ccc(CNCC)o1. The second-order valence-corrected chi connectivity index (χ2v) is 5.13. The summed E-state index contributed by atoms with van der Waals surface area (Å²) in [5, 5.41) is 3.29. The van der Waals surface area contributed by atoms with Gasteiger partial charge >= 0.3 is 0 Å². The van der Waals surface area contributed by atoms with E-state index in [2.05, 4.69) is 43.1 Å². The first-order valence-corrected chi connectivity index (χ1v) is 7.80. The summed E-state index contributed by atoms with van der Waals surface area (Å²) in [6, 6.07) is 4.22. The van der Waals surface area contributed by atoms with Crippen molar-refractivity contribution in [3.8, 4) is 0 Å². The molecule has 0 bridgehead atoms. The third-order valence-electron chi connectivity index (χ3n) is 3.30. The molecule has 0 saturated carbocycles. The number of rotatable bonds is 11. The third kappa shape index (κ3) is 6.79. The van der Waals surface area contributed by atoms with Crippen molar-refractivity contribution in [3.63, 3.8) is 0 Å². The van der Waals surface area contributed by atoms with Gasteiger partial charge in [-0.3, -0.25) is 4.90 Å². The molecular formula is C16H30N2O. The van der Waals surface area contributed by atoms with Crippen LogP contribution in [-0.2, 0) is 13.1 Å². The van der Waals surface area contributed by atoms with Crippen LogP contribution in [0.15, 0.2) is 16.5 Å². The molecular weight excluding hydrogens is 236 g/mol. The van der Waals surface area contributed by atoms with Crippen LogP contribution in [0.2, 0.25) is 0 Å². The van der Waals surface area contributed by atoms with E-state index in [0.717, 1.165) is 31.2 Å². The Morgan fingerprint density at radius 1 is 1.00 bits per heavy atom. The predicted molar refractivity (Wildman–Crippen MR) is 81.2 cm³/mol. The van der Waals surface area contributed by atoms with E-state index in [9.17, 15) is 0 Å². The fraction of sp³-hybridized carbons (Fsp3) is 0.750. The van der Waals surface area contributed by atoms with Crippen molar-refractivity contribution in [3.05, 3.63) is 23.7 Å². The van der Waals surface area contributed by atoms with E-state index in [4.69, 9.17) is 4.42 Å². The fourth-order valence-corrected chi connectivity index (χ4v) is 2.10. The lowest BCUT2D eigenvalue weighted by atomic mass is 10.2. The highest BCUT2D eigenvalue weighted by molar-refractivity contribution is 5.07. The topological polar surface area (TPSA) is 28.4 Å². The first-order valence-electron chi connectivity index (χ1n) is 7.80. The van der Waals surface area contributed by atoms with E-state index in [1.54, 1.807) is 0 Å². The molecule has 3 heteroatoms. The minimum atomic E-state index is 0.834. The standard InChI is InChI=1S/C16H30N2O/c1-4-7-11-18(12-8-5-2)14-16-10-9-15(19-16)13-17-6-3/h9-10,17H,4-8,11-14H2,1-3H3. The van der Waals surface area contributed by atoms with Gasteiger partial charge in [-0.05, 0) is 44.6 Å². The zero-order chi connectivity index (χ0) is 13.9. The molecule has 0 fully saturated rings. The average molecular weight is 266 g/mol. The summed E-state index contributed by atoms with van der Waals surface area (Å²) < 4.78 is 5.87. The zero-order valence-corrected chi connectivity index (χ0v) is 12.9. The largest absolute Gasteiger partial charge is 0.463 e. The Morgan fingerprint density at radius 3 is 2.21 bits per heavy atom. The molecule has 1 aromatic heterocycles. The highest BCUT2D eigenvalue weighted by atomic mass is 16.3. The molecule has 1 aromatic rings. The highest BCUT2D eigenvalue weighted by Gasteiger charge is 2.08. The van der Waals surface area contributed by atoms with Gasteiger partial charge < -0.3 is 9.73 Å². The monoisotopic (exact) mass is 266 g/mol. The summed E-state index contributed by atoms with van der Waals surface area (Å²) in [6.07, 6.45) is 5.06. The number of furan rings is 1. The molecule has 0 aliphatic carbocycles. The van der Waals surface area contributed by atoms with Gasteiger partial charge in [0.2, 0.25) is 0 Å². The Kier molecular flexibility index (Phi) is 8.59. The molecule has 0 unspecified atom stereocenters. The molecule has 0 aromatic carbocycles. The van der Waals surface area contributed by atoms with Crippen LogP contribution in [0.3, 0.4) is 0 Å². The Labute approximate surface area is 118 Å². The number of nitrogens with zero attached hydrogens (tertiary/aromatic N) is 1. The summed E-state index contributed by atoms with van der Waals surface area (Å²) in [7, 11) is 0. The molecule has 3 nitrogen and oxygen atoms in total. The van der Waals surface area contributed by atoms with E-state index in [0.29, 0.717) is 0 Å². The quantitative estimate of drug-likeness (QED) is 0.660. The second-order valence-electron chi connectivity index (χ2n) is 5.13. The lowest BCUT2D eigenvalue weighted by Gasteiger charge is -2.20. The lowest BCUT2D eigenvalue weighted by Crippen LogP contribution is -2.25. The van der Waals surface area contributed by atoms with Gasteiger partial charge in [-0.25, -0.2) is 0 Å². The number of unbranched alkanes of at least 4 members (excludes halogenated alkanes) is 2. The van der Waals surface area contributed by atoms with Gasteiger partial charge in [0.1, 0.15) is 11.5 Å². The molecule has 0 spiro atoms. The van der Waals surface area contributed by atoms with Crippen molar-refractivity contribution >= 4 is 0 Å². The Morgan fingerprint density at radius 2 is 1.63 bits per heavy atom. The van der Waals surface area contributed by atoms with Crippen molar-refractivity contribution in [1.82, 2.24) is 10.2 Å². The van der Waals surface area contributed by atoms with Crippen LogP contribution in [0.25, 0.3) is 0 Å². The highest BCUT2D eigenvalue weighted by Crippen LogP contribution is 2.12. The van der Waals surface area contributed by atoms with Crippen molar-refractivity contribution in [2.75, 3.05) is 19.6 Å². The normalized spacial score (nSPS) is 11.4. The zero-order valence-electron chi connectivity index (χ0n) is 12.9. The molecule has 0 amide bonds. The van der Waals surface area contributed by atoms with Crippen LogP contribution in [0.1, 0.15) is 58.0 Å². The van der Waals surface area contributed by atoms with Gasteiger partial charge in [0, 0.05) is 0 Å². The Hall–Kier alpha value is -0.800. The van der Waals surface area contributed by atoms with Crippen molar-refractivity contribution < 1.29 is 4.42 Å². The van der Waals surface area contributed by atoms with Crippen LogP contribution in [0, 0.1) is 0 Å². The van der Waals surface area contributed by atoms with Crippen LogP contribution in [0.5, 0.6) is 0 Å². The first kappa shape index (κ1) is 16.3. The van der Waals surface area contributed by atoms with Crippen LogP contribution in [0.4, 0.5) is 0 Å². The molecule has 0 radical (unpaired) electrons. The van der Waals surface area contributed by atoms with Crippen molar-refractivity contribution in [2.24, 2.45) is 0 Å². The molecule has 0 aliphatic rings. The van der Waals surface area contributed by atoms with Crippen LogP contribution < -0.4 is 5.32 Å². The van der Waals surface area contributed by atoms with Gasteiger partial charge in [0.15, 0.2) is 0 Å². The molecule has 1 N–H and O–H groups in total. The Balaban J connectivity index is 2.44. The molecule has 19 heavy (non-hydrogen) atoms. The smallest absolute Gasteiger partial charge is 0.118 e. The summed E-state index contributed by atoms with van der Waals surface area (Å²) in [5.74, 6) is 2.14. The Bertz CT molecular complexity index is 314. The van der Waals surface area contributed by atoms with E-state index >= 15 is 0 Å².